The number of carbonyl (C=O) groups excluding carboxylic acids is 1. The van der Waals surface area contributed by atoms with Gasteiger partial charge in [0.05, 0.1) is 5.69 Å². The van der Waals surface area contributed by atoms with Crippen molar-refractivity contribution in [2.45, 2.75) is 6.92 Å². The van der Waals surface area contributed by atoms with Crippen LogP contribution in [0.1, 0.15) is 5.56 Å². The summed E-state index contributed by atoms with van der Waals surface area (Å²) in [7, 11) is 0. The lowest BCUT2D eigenvalue weighted by Crippen LogP contribution is -2.20. The highest BCUT2D eigenvalue weighted by Crippen LogP contribution is 2.41. The number of fused-ring (bicyclic) bond motifs is 1. The SMILES string of the molecule is Cc1ccc(F)c(NC(=O)Nc2ccc(-c3csc4c(-c5ccncc5)cnc(N)c34)cc2)c1. The van der Waals surface area contributed by atoms with E-state index in [1.54, 1.807) is 54.2 Å². The largest absolute Gasteiger partial charge is 0.383 e. The number of hydrogen-bond acceptors (Lipinski definition) is 5. The van der Waals surface area contributed by atoms with Crippen LogP contribution in [0, 0.1) is 12.7 Å². The minimum atomic E-state index is -0.520. The lowest BCUT2D eigenvalue weighted by Gasteiger charge is -2.10. The standard InChI is InChI=1S/C26H20FN5OS/c1-15-2-7-21(27)22(12-15)32-26(33)31-18-5-3-16(4-6-18)20-14-34-24-19(13-30-25(28)23(20)24)17-8-10-29-11-9-17/h2-14H,1H3,(H2,28,30)(H2,31,32,33). The lowest BCUT2D eigenvalue weighted by molar-refractivity contribution is 0.262. The normalized spacial score (nSPS) is 10.9. The van der Waals surface area contributed by atoms with Crippen molar-refractivity contribution in [1.82, 2.24) is 9.97 Å². The van der Waals surface area contributed by atoms with Crippen LogP contribution in [-0.4, -0.2) is 16.0 Å². The first-order chi connectivity index (χ1) is 16.5. The van der Waals surface area contributed by atoms with Crippen molar-refractivity contribution in [2.75, 3.05) is 16.4 Å². The van der Waals surface area contributed by atoms with Crippen LogP contribution in [0.5, 0.6) is 0 Å². The highest BCUT2D eigenvalue weighted by atomic mass is 32.1. The van der Waals surface area contributed by atoms with Gasteiger partial charge in [-0.2, -0.15) is 0 Å². The van der Waals surface area contributed by atoms with Crippen molar-refractivity contribution in [3.8, 4) is 22.3 Å². The van der Waals surface area contributed by atoms with Gasteiger partial charge in [-0.1, -0.05) is 18.2 Å². The van der Waals surface area contributed by atoms with Crippen LogP contribution in [-0.2, 0) is 0 Å². The number of nitrogens with one attached hydrogen (secondary N) is 2. The zero-order valence-electron chi connectivity index (χ0n) is 18.2. The molecule has 0 saturated heterocycles. The van der Waals surface area contributed by atoms with Gasteiger partial charge in [-0.05, 0) is 65.4 Å². The molecule has 0 spiro atoms. The van der Waals surface area contributed by atoms with E-state index in [-0.39, 0.29) is 5.69 Å². The second-order valence-corrected chi connectivity index (χ2v) is 8.67. The number of pyridine rings is 2. The lowest BCUT2D eigenvalue weighted by atomic mass is 10.0. The van der Waals surface area contributed by atoms with Crippen LogP contribution in [0.15, 0.2) is 78.6 Å². The molecule has 0 radical (unpaired) electrons. The Balaban J connectivity index is 1.40. The number of nitrogens with two attached hydrogens (primary N) is 1. The van der Waals surface area contributed by atoms with Gasteiger partial charge in [-0.15, -0.1) is 11.3 Å². The second-order valence-electron chi connectivity index (χ2n) is 7.79. The minimum Gasteiger partial charge on any atom is -0.383 e. The maximum atomic E-state index is 13.9. The van der Waals surface area contributed by atoms with E-state index in [1.807, 2.05) is 31.2 Å². The molecule has 4 N–H and O–H groups in total. The zero-order chi connectivity index (χ0) is 23.7. The van der Waals surface area contributed by atoms with Crippen molar-refractivity contribution in [3.05, 3.63) is 89.9 Å². The Bertz CT molecular complexity index is 1500. The highest BCUT2D eigenvalue weighted by Gasteiger charge is 2.15. The molecule has 0 unspecified atom stereocenters. The molecule has 168 valence electrons. The van der Waals surface area contributed by atoms with Gasteiger partial charge in [0.25, 0.3) is 0 Å². The number of nitrogen functional groups attached to an aromatic ring is 1. The van der Waals surface area contributed by atoms with E-state index in [4.69, 9.17) is 5.73 Å². The van der Waals surface area contributed by atoms with Crippen LogP contribution >= 0.6 is 11.3 Å². The smallest absolute Gasteiger partial charge is 0.323 e. The summed E-state index contributed by atoms with van der Waals surface area (Å²) in [6, 6.07) is 15.3. The summed E-state index contributed by atoms with van der Waals surface area (Å²) in [5.74, 6) is -0.0245. The van der Waals surface area contributed by atoms with Gasteiger partial charge < -0.3 is 16.4 Å². The van der Waals surface area contributed by atoms with E-state index in [2.05, 4.69) is 26.0 Å². The average Bonchev–Trinajstić information content (AvgIpc) is 3.29. The molecule has 0 aliphatic heterocycles. The molecule has 3 aromatic heterocycles. The molecular formula is C26H20FN5OS. The van der Waals surface area contributed by atoms with Crippen LogP contribution in [0.25, 0.3) is 32.3 Å². The molecule has 34 heavy (non-hydrogen) atoms. The van der Waals surface area contributed by atoms with E-state index in [0.29, 0.717) is 11.5 Å². The minimum absolute atomic E-state index is 0.131. The molecule has 2 aromatic carbocycles. The number of aromatic nitrogens is 2. The number of carbonyl (C=O) groups is 1. The number of thiophene rings is 1. The summed E-state index contributed by atoms with van der Waals surface area (Å²) in [5.41, 5.74) is 11.8. The number of urea groups is 1. The first-order valence-corrected chi connectivity index (χ1v) is 11.4. The molecule has 6 nitrogen and oxygen atoms in total. The number of nitrogens with zero attached hydrogens (tertiary/aromatic N) is 2. The maximum absolute atomic E-state index is 13.9. The zero-order valence-corrected chi connectivity index (χ0v) is 19.0. The summed E-state index contributed by atoms with van der Waals surface area (Å²) in [6.45, 7) is 1.83. The van der Waals surface area contributed by atoms with Crippen molar-refractivity contribution in [2.24, 2.45) is 0 Å². The highest BCUT2D eigenvalue weighted by molar-refractivity contribution is 7.18. The molecule has 0 bridgehead atoms. The maximum Gasteiger partial charge on any atom is 0.323 e. The van der Waals surface area contributed by atoms with Gasteiger partial charge in [0.1, 0.15) is 11.6 Å². The van der Waals surface area contributed by atoms with Crippen molar-refractivity contribution in [1.29, 1.82) is 0 Å². The molecule has 5 rings (SSSR count). The molecule has 2 amide bonds. The van der Waals surface area contributed by atoms with Gasteiger partial charge in [0.2, 0.25) is 0 Å². The molecule has 5 aromatic rings. The molecular weight excluding hydrogens is 449 g/mol. The van der Waals surface area contributed by atoms with E-state index in [0.717, 1.165) is 37.9 Å². The number of anilines is 3. The number of amides is 2. The molecule has 8 heteroatoms. The van der Waals surface area contributed by atoms with Crippen LogP contribution in [0.2, 0.25) is 0 Å². The van der Waals surface area contributed by atoms with E-state index >= 15 is 0 Å². The van der Waals surface area contributed by atoms with Crippen molar-refractivity contribution in [3.63, 3.8) is 0 Å². The average molecular weight is 470 g/mol. The molecule has 0 fully saturated rings. The number of rotatable bonds is 4. The van der Waals surface area contributed by atoms with Crippen molar-refractivity contribution < 1.29 is 9.18 Å². The molecule has 0 aliphatic carbocycles. The van der Waals surface area contributed by atoms with Crippen LogP contribution < -0.4 is 16.4 Å². The molecule has 0 atom stereocenters. The van der Waals surface area contributed by atoms with Gasteiger partial charge in [0, 0.05) is 45.5 Å². The Morgan fingerprint density at radius 2 is 1.71 bits per heavy atom. The number of halogens is 1. The third kappa shape index (κ3) is 4.18. The Morgan fingerprint density at radius 3 is 2.47 bits per heavy atom. The van der Waals surface area contributed by atoms with Gasteiger partial charge >= 0.3 is 6.03 Å². The van der Waals surface area contributed by atoms with Crippen LogP contribution in [0.4, 0.5) is 26.4 Å². The van der Waals surface area contributed by atoms with E-state index < -0.39 is 11.8 Å². The first-order valence-electron chi connectivity index (χ1n) is 10.5. The third-order valence-electron chi connectivity index (χ3n) is 5.44. The van der Waals surface area contributed by atoms with Gasteiger partial charge in [0.15, 0.2) is 0 Å². The Kier molecular flexibility index (Phi) is 5.65. The summed E-state index contributed by atoms with van der Waals surface area (Å²) in [4.78, 5) is 20.8. The Labute approximate surface area is 199 Å². The molecule has 0 aliphatic rings. The van der Waals surface area contributed by atoms with E-state index in [1.165, 1.54) is 6.07 Å². The third-order valence-corrected chi connectivity index (χ3v) is 6.45. The molecule has 3 heterocycles. The first kappa shape index (κ1) is 21.5. The van der Waals surface area contributed by atoms with Gasteiger partial charge in [-0.25, -0.2) is 14.2 Å². The predicted octanol–water partition coefficient (Wildman–Crippen LogP) is 6.70. The molecule has 0 saturated carbocycles. The number of benzene rings is 2. The van der Waals surface area contributed by atoms with Gasteiger partial charge in [-0.3, -0.25) is 4.98 Å². The predicted molar refractivity (Wildman–Crippen MR) is 136 cm³/mol. The summed E-state index contributed by atoms with van der Waals surface area (Å²) in [5, 5.41) is 8.23. The topological polar surface area (TPSA) is 92.9 Å². The monoisotopic (exact) mass is 469 g/mol. The van der Waals surface area contributed by atoms with E-state index in [9.17, 15) is 9.18 Å². The summed E-state index contributed by atoms with van der Waals surface area (Å²) in [6.07, 6.45) is 5.29. The number of hydrogen-bond donors (Lipinski definition) is 3. The van der Waals surface area contributed by atoms with Crippen LogP contribution in [0.3, 0.4) is 0 Å². The summed E-state index contributed by atoms with van der Waals surface area (Å²) < 4.78 is 15.0. The van der Waals surface area contributed by atoms with Crippen molar-refractivity contribution >= 4 is 44.6 Å². The quantitative estimate of drug-likeness (QED) is 0.273. The number of aryl methyl sites for hydroxylation is 1. The fraction of sp³-hybridized carbons (Fsp3) is 0.0385. The Morgan fingerprint density at radius 1 is 0.971 bits per heavy atom. The Hall–Kier alpha value is -4.30. The fourth-order valence-corrected chi connectivity index (χ4v) is 4.89. The fourth-order valence-electron chi connectivity index (χ4n) is 3.77. The second kappa shape index (κ2) is 8.92. The summed E-state index contributed by atoms with van der Waals surface area (Å²) >= 11 is 1.61.